The molecular weight excluding hydrogens is 581 g/mol. The van der Waals surface area contributed by atoms with E-state index in [9.17, 15) is 18.0 Å². The fraction of sp³-hybridized carbons (Fsp3) is 0.355. The summed E-state index contributed by atoms with van der Waals surface area (Å²) in [5.74, 6) is -0.825. The van der Waals surface area contributed by atoms with Gasteiger partial charge in [-0.05, 0) is 67.6 Å². The summed E-state index contributed by atoms with van der Waals surface area (Å²) in [6.07, 6.45) is 1.61. The first-order valence-corrected chi connectivity index (χ1v) is 15.9. The molecule has 0 spiro atoms. The number of sulfonamides is 1. The van der Waals surface area contributed by atoms with Gasteiger partial charge in [0.25, 0.3) is 10.0 Å². The maximum absolute atomic E-state index is 14.2. The van der Waals surface area contributed by atoms with Crippen LogP contribution in [0.2, 0.25) is 10.0 Å². The number of amides is 2. The molecule has 0 bridgehead atoms. The minimum atomic E-state index is -4.13. The number of hydrogen-bond acceptors (Lipinski definition) is 4. The number of anilines is 1. The quantitative estimate of drug-likeness (QED) is 0.238. The van der Waals surface area contributed by atoms with Gasteiger partial charge in [-0.3, -0.25) is 13.9 Å². The molecule has 1 N–H and O–H groups in total. The monoisotopic (exact) mass is 617 g/mol. The zero-order valence-corrected chi connectivity index (χ0v) is 26.1. The molecule has 3 aromatic carbocycles. The van der Waals surface area contributed by atoms with Crippen molar-refractivity contribution in [2.45, 2.75) is 70.5 Å². The lowest BCUT2D eigenvalue weighted by atomic mass is 10.1. The standard InChI is InChI=1S/C31H37Cl2N3O4S/c1-5-22(4)34-31(38)28(7-3)35(20-23-17-18-26(32)27(33)19-23)30(37)21-36(29-16-12-11-13-24(29)6-2)41(39,40)25-14-9-8-10-15-25/h8-19,22,28H,5-7,20-21H2,1-4H3,(H,34,38)/t22-,28+/m1/s1. The number of para-hydroxylation sites is 1. The molecule has 0 aliphatic carbocycles. The van der Waals surface area contributed by atoms with Gasteiger partial charge >= 0.3 is 0 Å². The highest BCUT2D eigenvalue weighted by atomic mass is 35.5. The Kier molecular flexibility index (Phi) is 11.6. The molecule has 0 saturated carbocycles. The van der Waals surface area contributed by atoms with Crippen molar-refractivity contribution in [1.82, 2.24) is 10.2 Å². The second-order valence-corrected chi connectivity index (χ2v) is 12.5. The lowest BCUT2D eigenvalue weighted by Crippen LogP contribution is -2.53. The number of benzene rings is 3. The third-order valence-electron chi connectivity index (χ3n) is 6.98. The van der Waals surface area contributed by atoms with Crippen molar-refractivity contribution < 1.29 is 18.0 Å². The molecule has 0 unspecified atom stereocenters. The van der Waals surface area contributed by atoms with Crippen LogP contribution in [0.5, 0.6) is 0 Å². The molecule has 0 radical (unpaired) electrons. The van der Waals surface area contributed by atoms with E-state index >= 15 is 0 Å². The first-order valence-electron chi connectivity index (χ1n) is 13.7. The minimum Gasteiger partial charge on any atom is -0.352 e. The van der Waals surface area contributed by atoms with Crippen molar-refractivity contribution in [3.05, 3.63) is 94.0 Å². The van der Waals surface area contributed by atoms with E-state index in [0.29, 0.717) is 34.1 Å². The van der Waals surface area contributed by atoms with Gasteiger partial charge in [0, 0.05) is 12.6 Å². The predicted octanol–water partition coefficient (Wildman–Crippen LogP) is 6.47. The minimum absolute atomic E-state index is 0.0385. The number of rotatable bonds is 13. The van der Waals surface area contributed by atoms with Gasteiger partial charge in [0.1, 0.15) is 12.6 Å². The van der Waals surface area contributed by atoms with Crippen LogP contribution in [-0.4, -0.2) is 43.8 Å². The molecule has 3 rings (SSSR count). The summed E-state index contributed by atoms with van der Waals surface area (Å²) in [4.78, 5) is 29.1. The maximum atomic E-state index is 14.2. The fourth-order valence-corrected chi connectivity index (χ4v) is 6.28. The number of aryl methyl sites for hydroxylation is 1. The smallest absolute Gasteiger partial charge is 0.264 e. The van der Waals surface area contributed by atoms with Gasteiger partial charge in [0.2, 0.25) is 11.8 Å². The molecule has 7 nitrogen and oxygen atoms in total. The Morgan fingerprint density at radius 2 is 1.54 bits per heavy atom. The van der Waals surface area contributed by atoms with Gasteiger partial charge in [0.05, 0.1) is 20.6 Å². The van der Waals surface area contributed by atoms with Gasteiger partial charge in [-0.2, -0.15) is 0 Å². The summed E-state index contributed by atoms with van der Waals surface area (Å²) in [5.41, 5.74) is 1.85. The van der Waals surface area contributed by atoms with Crippen LogP contribution >= 0.6 is 23.2 Å². The van der Waals surface area contributed by atoms with Crippen molar-refractivity contribution in [3.8, 4) is 0 Å². The van der Waals surface area contributed by atoms with Crippen molar-refractivity contribution in [2.75, 3.05) is 10.8 Å². The van der Waals surface area contributed by atoms with Gasteiger partial charge in [-0.15, -0.1) is 0 Å². The summed E-state index contributed by atoms with van der Waals surface area (Å²) in [6, 6.07) is 19.2. The summed E-state index contributed by atoms with van der Waals surface area (Å²) in [6.45, 7) is 7.14. The molecule has 220 valence electrons. The topological polar surface area (TPSA) is 86.8 Å². The van der Waals surface area contributed by atoms with Crippen LogP contribution in [0.25, 0.3) is 0 Å². The Morgan fingerprint density at radius 3 is 2.15 bits per heavy atom. The van der Waals surface area contributed by atoms with Gasteiger partial charge in [-0.1, -0.05) is 86.4 Å². The van der Waals surface area contributed by atoms with E-state index in [-0.39, 0.29) is 23.4 Å². The fourth-order valence-electron chi connectivity index (χ4n) is 4.48. The van der Waals surface area contributed by atoms with E-state index < -0.39 is 28.5 Å². The van der Waals surface area contributed by atoms with E-state index in [0.717, 1.165) is 16.3 Å². The molecule has 0 heterocycles. The Labute approximate surface area is 253 Å². The lowest BCUT2D eigenvalue weighted by Gasteiger charge is -2.34. The van der Waals surface area contributed by atoms with Crippen molar-refractivity contribution >= 4 is 50.7 Å². The summed E-state index contributed by atoms with van der Waals surface area (Å²) < 4.78 is 29.1. The molecule has 2 amide bonds. The third kappa shape index (κ3) is 8.03. The van der Waals surface area contributed by atoms with E-state index in [1.807, 2.05) is 39.8 Å². The average Bonchev–Trinajstić information content (AvgIpc) is 2.97. The zero-order chi connectivity index (χ0) is 30.2. The lowest BCUT2D eigenvalue weighted by molar-refractivity contribution is -0.140. The van der Waals surface area contributed by atoms with Gasteiger partial charge < -0.3 is 10.2 Å². The Balaban J connectivity index is 2.10. The summed E-state index contributed by atoms with van der Waals surface area (Å²) in [7, 11) is -4.13. The summed E-state index contributed by atoms with van der Waals surface area (Å²) >= 11 is 12.4. The van der Waals surface area contributed by atoms with E-state index in [1.165, 1.54) is 17.0 Å². The maximum Gasteiger partial charge on any atom is 0.264 e. The van der Waals surface area contributed by atoms with Crippen molar-refractivity contribution in [1.29, 1.82) is 0 Å². The van der Waals surface area contributed by atoms with E-state index in [2.05, 4.69) is 5.32 Å². The molecule has 0 saturated heterocycles. The molecule has 0 aliphatic rings. The normalized spacial score (nSPS) is 12.8. The molecule has 10 heteroatoms. The second-order valence-electron chi connectivity index (χ2n) is 9.82. The number of carbonyl (C=O) groups is 2. The molecule has 2 atom stereocenters. The van der Waals surface area contributed by atoms with Gasteiger partial charge in [-0.25, -0.2) is 8.42 Å². The van der Waals surface area contributed by atoms with Crippen LogP contribution in [0.4, 0.5) is 5.69 Å². The predicted molar refractivity (Wildman–Crippen MR) is 166 cm³/mol. The molecule has 0 fully saturated rings. The highest BCUT2D eigenvalue weighted by molar-refractivity contribution is 7.92. The molecule has 0 aromatic heterocycles. The highest BCUT2D eigenvalue weighted by Gasteiger charge is 2.34. The molecule has 41 heavy (non-hydrogen) atoms. The number of halogens is 2. The number of nitrogens with one attached hydrogen (secondary N) is 1. The first-order chi connectivity index (χ1) is 19.5. The molecule has 0 aliphatic heterocycles. The third-order valence-corrected chi connectivity index (χ3v) is 9.49. The first kappa shape index (κ1) is 32.4. The highest BCUT2D eigenvalue weighted by Crippen LogP contribution is 2.29. The molecular formula is C31H37Cl2N3O4S. The SMILES string of the molecule is CCc1ccccc1N(CC(=O)N(Cc1ccc(Cl)c(Cl)c1)[C@@H](CC)C(=O)N[C@H](C)CC)S(=O)(=O)c1ccccc1. The van der Waals surface area contributed by atoms with Crippen LogP contribution in [-0.2, 0) is 32.6 Å². The van der Waals surface area contributed by atoms with Crippen molar-refractivity contribution in [2.24, 2.45) is 0 Å². The Morgan fingerprint density at radius 1 is 0.878 bits per heavy atom. The average molecular weight is 619 g/mol. The van der Waals surface area contributed by atoms with Crippen LogP contribution < -0.4 is 9.62 Å². The van der Waals surface area contributed by atoms with Crippen LogP contribution in [0.1, 0.15) is 51.7 Å². The number of hydrogen-bond donors (Lipinski definition) is 1. The van der Waals surface area contributed by atoms with Crippen LogP contribution in [0.3, 0.4) is 0 Å². The summed E-state index contributed by atoms with van der Waals surface area (Å²) in [5, 5.41) is 3.65. The Hall–Kier alpha value is -3.07. The number of nitrogens with zero attached hydrogens (tertiary/aromatic N) is 2. The largest absolute Gasteiger partial charge is 0.352 e. The number of carbonyl (C=O) groups excluding carboxylic acids is 2. The van der Waals surface area contributed by atoms with Crippen molar-refractivity contribution in [3.63, 3.8) is 0 Å². The van der Waals surface area contributed by atoms with E-state index in [4.69, 9.17) is 23.2 Å². The van der Waals surface area contributed by atoms with Gasteiger partial charge in [0.15, 0.2) is 0 Å². The second kappa shape index (κ2) is 14.7. The van der Waals surface area contributed by atoms with Crippen LogP contribution in [0.15, 0.2) is 77.7 Å². The zero-order valence-electron chi connectivity index (χ0n) is 23.8. The van der Waals surface area contributed by atoms with E-state index in [1.54, 1.807) is 48.5 Å². The molecule has 3 aromatic rings. The Bertz CT molecular complexity index is 1450. The van der Waals surface area contributed by atoms with Crippen LogP contribution in [0, 0.1) is 0 Å².